The van der Waals surface area contributed by atoms with E-state index in [2.05, 4.69) is 143 Å². The number of nitrogens with zero attached hydrogens (tertiary/aromatic N) is 1. The lowest BCUT2D eigenvalue weighted by atomic mass is 9.78. The maximum atomic E-state index is 6.75. The zero-order chi connectivity index (χ0) is 32.7. The summed E-state index contributed by atoms with van der Waals surface area (Å²) in [4.78, 5) is 0. The third-order valence-corrected chi connectivity index (χ3v) is 10.7. The number of para-hydroxylation sites is 2. The van der Waals surface area contributed by atoms with Gasteiger partial charge in [0.05, 0.1) is 16.6 Å². The van der Waals surface area contributed by atoms with E-state index in [-0.39, 0.29) is 10.8 Å². The first-order chi connectivity index (χ1) is 23.1. The number of benzene rings is 5. The summed E-state index contributed by atoms with van der Waals surface area (Å²) in [6.07, 6.45) is 5.70. The molecular weight excluding hydrogens is 587 g/mol. The molecule has 5 aromatic carbocycles. The Kier molecular flexibility index (Phi) is 5.33. The van der Waals surface area contributed by atoms with Crippen molar-refractivity contribution in [1.82, 2.24) is 4.40 Å². The minimum Gasteiger partial charge on any atom is -0.454 e. The van der Waals surface area contributed by atoms with E-state index in [4.69, 9.17) is 8.83 Å². The fourth-order valence-corrected chi connectivity index (χ4v) is 8.10. The van der Waals surface area contributed by atoms with Crippen LogP contribution in [0.1, 0.15) is 63.8 Å². The molecular formula is C45H37NO2. The molecule has 234 valence electrons. The highest BCUT2D eigenvalue weighted by Crippen LogP contribution is 2.43. The maximum absolute atomic E-state index is 6.75. The number of aromatic nitrogens is 1. The standard InChI is InChI=1S/C45H37NO2/c1-44(2,3)27-21-26(22-28(24-27)45(4,5)6)25-15-16-31-32-17-19-34-29-11-7-9-13-37(29)47-42(34)40(32)46-39(31)36(23-25)33-18-20-35-30-12-8-10-14-38(30)48-43(35)41(33)46/h7-15,17-24H,16H2,1-6H3. The lowest BCUT2D eigenvalue weighted by Gasteiger charge is -2.26. The van der Waals surface area contributed by atoms with E-state index in [9.17, 15) is 0 Å². The summed E-state index contributed by atoms with van der Waals surface area (Å²) in [6, 6.07) is 33.1. The van der Waals surface area contributed by atoms with Crippen LogP contribution in [0.4, 0.5) is 0 Å². The molecule has 0 N–H and O–H groups in total. The number of hydrogen-bond acceptors (Lipinski definition) is 2. The van der Waals surface area contributed by atoms with E-state index >= 15 is 0 Å². The number of rotatable bonds is 1. The van der Waals surface area contributed by atoms with Gasteiger partial charge in [0.1, 0.15) is 11.2 Å². The average molecular weight is 624 g/mol. The van der Waals surface area contributed by atoms with Crippen LogP contribution in [0.2, 0.25) is 0 Å². The third-order valence-electron chi connectivity index (χ3n) is 10.7. The van der Waals surface area contributed by atoms with Crippen LogP contribution in [0.25, 0.3) is 82.8 Å². The topological polar surface area (TPSA) is 30.7 Å². The summed E-state index contributed by atoms with van der Waals surface area (Å²) >= 11 is 0. The summed E-state index contributed by atoms with van der Waals surface area (Å²) in [5.74, 6) is 0. The van der Waals surface area contributed by atoms with E-state index in [1.54, 1.807) is 0 Å². The van der Waals surface area contributed by atoms with Gasteiger partial charge in [-0.2, -0.15) is 0 Å². The second kappa shape index (κ2) is 9.20. The predicted octanol–water partition coefficient (Wildman–Crippen LogP) is 11.8. The summed E-state index contributed by atoms with van der Waals surface area (Å²) in [5.41, 5.74) is 13.8. The van der Waals surface area contributed by atoms with Crippen molar-refractivity contribution in [2.75, 3.05) is 0 Å². The van der Waals surface area contributed by atoms with Gasteiger partial charge in [0.15, 0.2) is 11.2 Å². The van der Waals surface area contributed by atoms with E-state index in [0.717, 1.165) is 61.3 Å². The molecule has 0 radical (unpaired) electrons. The zero-order valence-electron chi connectivity index (χ0n) is 28.3. The van der Waals surface area contributed by atoms with Gasteiger partial charge >= 0.3 is 0 Å². The molecule has 3 nitrogen and oxygen atoms in total. The Hall–Kier alpha value is -5.28. The second-order valence-corrected chi connectivity index (χ2v) is 15.8. The molecule has 0 saturated heterocycles. The first-order valence-corrected chi connectivity index (χ1v) is 17.1. The van der Waals surface area contributed by atoms with Gasteiger partial charge in [-0.3, -0.25) is 0 Å². The van der Waals surface area contributed by atoms with Gasteiger partial charge < -0.3 is 13.2 Å². The fourth-order valence-electron chi connectivity index (χ4n) is 8.10. The fraction of sp³-hybridized carbons (Fsp3) is 0.200. The Morgan fingerprint density at radius 1 is 0.542 bits per heavy atom. The van der Waals surface area contributed by atoms with Crippen molar-refractivity contribution < 1.29 is 8.83 Å². The molecule has 1 aliphatic rings. The van der Waals surface area contributed by atoms with Gasteiger partial charge in [0.2, 0.25) is 0 Å². The monoisotopic (exact) mass is 623 g/mol. The number of furan rings is 2. The summed E-state index contributed by atoms with van der Waals surface area (Å²) in [5, 5.41) is 8.23. The Bertz CT molecular complexity index is 2890. The predicted molar refractivity (Wildman–Crippen MR) is 202 cm³/mol. The van der Waals surface area contributed by atoms with Gasteiger partial charge in [-0.05, 0) is 75.4 Å². The maximum Gasteiger partial charge on any atom is 0.160 e. The summed E-state index contributed by atoms with van der Waals surface area (Å²) in [6.45, 7) is 13.9. The van der Waals surface area contributed by atoms with Crippen molar-refractivity contribution in [3.8, 4) is 0 Å². The normalized spacial score (nSPS) is 14.2. The van der Waals surface area contributed by atoms with Gasteiger partial charge in [0.25, 0.3) is 0 Å². The Morgan fingerprint density at radius 3 is 1.65 bits per heavy atom. The average Bonchev–Trinajstić information content (AvgIpc) is 3.76. The van der Waals surface area contributed by atoms with Crippen molar-refractivity contribution >= 4 is 82.8 Å². The lowest BCUT2D eigenvalue weighted by Crippen LogP contribution is -2.17. The third kappa shape index (κ3) is 3.70. The molecule has 0 saturated carbocycles. The zero-order valence-corrected chi connectivity index (χ0v) is 28.3. The molecule has 1 aliphatic carbocycles. The van der Waals surface area contributed by atoms with Crippen LogP contribution in [-0.2, 0) is 17.3 Å². The van der Waals surface area contributed by atoms with Crippen LogP contribution >= 0.6 is 0 Å². The van der Waals surface area contributed by atoms with Gasteiger partial charge in [-0.15, -0.1) is 0 Å². The molecule has 0 aliphatic heterocycles. The minimum atomic E-state index is 0.0367. The minimum absolute atomic E-state index is 0.0367. The molecule has 4 aromatic heterocycles. The molecule has 0 bridgehead atoms. The largest absolute Gasteiger partial charge is 0.454 e. The lowest BCUT2D eigenvalue weighted by molar-refractivity contribution is 0.568. The summed E-state index contributed by atoms with van der Waals surface area (Å²) < 4.78 is 15.9. The van der Waals surface area contributed by atoms with Gasteiger partial charge in [0, 0.05) is 37.5 Å². The van der Waals surface area contributed by atoms with Crippen LogP contribution in [0.15, 0.2) is 106 Å². The molecule has 10 rings (SSSR count). The van der Waals surface area contributed by atoms with E-state index in [1.807, 2.05) is 6.07 Å². The van der Waals surface area contributed by atoms with Crippen LogP contribution < -0.4 is 5.22 Å². The Balaban J connectivity index is 1.38. The Morgan fingerprint density at radius 2 is 1.06 bits per heavy atom. The first kappa shape index (κ1) is 27.8. The molecule has 4 heterocycles. The van der Waals surface area contributed by atoms with Crippen LogP contribution in [0.3, 0.4) is 0 Å². The molecule has 3 heteroatoms. The van der Waals surface area contributed by atoms with Crippen molar-refractivity contribution in [3.63, 3.8) is 0 Å². The van der Waals surface area contributed by atoms with Crippen molar-refractivity contribution in [2.24, 2.45) is 0 Å². The van der Waals surface area contributed by atoms with E-state index in [1.165, 1.54) is 49.3 Å². The van der Waals surface area contributed by atoms with E-state index in [0.29, 0.717) is 0 Å². The first-order valence-electron chi connectivity index (χ1n) is 17.1. The molecule has 0 unspecified atom stereocenters. The molecule has 0 amide bonds. The molecule has 9 aromatic rings. The van der Waals surface area contributed by atoms with Crippen molar-refractivity contribution in [2.45, 2.75) is 58.8 Å². The van der Waals surface area contributed by atoms with Crippen molar-refractivity contribution in [3.05, 3.63) is 125 Å². The van der Waals surface area contributed by atoms with Crippen LogP contribution in [-0.4, -0.2) is 4.40 Å². The SMILES string of the molecule is CC(C)(C)c1cc(C2=CCc3c4ccc5c6ccccc6oc5c4n4c3c(c3ccc5c6ccccc6oc5c34)=C2)cc(C(C)(C)C)c1. The second-order valence-electron chi connectivity index (χ2n) is 15.8. The van der Waals surface area contributed by atoms with Crippen molar-refractivity contribution in [1.29, 1.82) is 0 Å². The molecule has 0 fully saturated rings. The number of hydrogen-bond donors (Lipinski definition) is 0. The molecule has 0 spiro atoms. The van der Waals surface area contributed by atoms with Crippen LogP contribution in [0.5, 0.6) is 0 Å². The summed E-state index contributed by atoms with van der Waals surface area (Å²) in [7, 11) is 0. The number of allylic oxidation sites excluding steroid dienone is 2. The molecule has 0 atom stereocenters. The van der Waals surface area contributed by atoms with Crippen LogP contribution in [0, 0.1) is 0 Å². The Labute approximate surface area is 278 Å². The quantitative estimate of drug-likeness (QED) is 0.182. The van der Waals surface area contributed by atoms with Gasteiger partial charge in [-0.1, -0.05) is 114 Å². The highest BCUT2D eigenvalue weighted by molar-refractivity contribution is 6.22. The highest BCUT2D eigenvalue weighted by Gasteiger charge is 2.27. The van der Waals surface area contributed by atoms with Gasteiger partial charge in [-0.25, -0.2) is 0 Å². The number of fused-ring (bicyclic) bond motifs is 14. The highest BCUT2D eigenvalue weighted by atomic mass is 16.3. The van der Waals surface area contributed by atoms with E-state index < -0.39 is 0 Å². The molecule has 48 heavy (non-hydrogen) atoms. The smallest absolute Gasteiger partial charge is 0.160 e.